The second-order valence-corrected chi connectivity index (χ2v) is 4.63. The fraction of sp³-hybridized carbons (Fsp3) is 0.133. The van der Waals surface area contributed by atoms with Gasteiger partial charge in [-0.2, -0.15) is 5.10 Å². The van der Waals surface area contributed by atoms with Gasteiger partial charge < -0.3 is 0 Å². The zero-order valence-corrected chi connectivity index (χ0v) is 11.8. The molecule has 0 spiro atoms. The van der Waals surface area contributed by atoms with E-state index in [4.69, 9.17) is 0 Å². The Balaban J connectivity index is 1.53. The Hall–Kier alpha value is -3.09. The number of nitrogens with one attached hydrogen (secondary N) is 1. The second-order valence-electron chi connectivity index (χ2n) is 4.63. The maximum atomic E-state index is 11.8. The van der Waals surface area contributed by atoms with Crippen LogP contribution in [0.3, 0.4) is 0 Å². The van der Waals surface area contributed by atoms with Crippen molar-refractivity contribution in [2.24, 2.45) is 5.10 Å². The van der Waals surface area contributed by atoms with Crippen molar-refractivity contribution in [2.45, 2.75) is 13.0 Å². The van der Waals surface area contributed by atoms with E-state index in [1.807, 2.05) is 24.3 Å². The quantitative estimate of drug-likeness (QED) is 0.569. The van der Waals surface area contributed by atoms with E-state index < -0.39 is 0 Å². The normalized spacial score (nSPS) is 11.1. The van der Waals surface area contributed by atoms with Crippen LogP contribution >= 0.6 is 0 Å². The molecule has 3 aromatic rings. The number of carbonyl (C=O) groups excluding carboxylic acids is 1. The van der Waals surface area contributed by atoms with Crippen LogP contribution in [0.5, 0.6) is 0 Å². The Bertz CT molecular complexity index is 796. The summed E-state index contributed by atoms with van der Waals surface area (Å²) in [5, 5.41) is 12.0. The van der Waals surface area contributed by atoms with Crippen molar-refractivity contribution in [3.8, 4) is 0 Å². The molecule has 2 heterocycles. The zero-order valence-electron chi connectivity index (χ0n) is 11.8. The highest BCUT2D eigenvalue weighted by Gasteiger charge is 2.05. The van der Waals surface area contributed by atoms with Crippen LogP contribution in [0.4, 0.5) is 0 Å². The largest absolute Gasteiger partial charge is 0.273 e. The van der Waals surface area contributed by atoms with Gasteiger partial charge in [0.2, 0.25) is 5.91 Å². The van der Waals surface area contributed by atoms with Crippen molar-refractivity contribution in [3.63, 3.8) is 0 Å². The summed E-state index contributed by atoms with van der Waals surface area (Å²) in [7, 11) is 0. The van der Waals surface area contributed by atoms with Crippen LogP contribution in [0.2, 0.25) is 0 Å². The molecule has 0 aliphatic carbocycles. The fourth-order valence-electron chi connectivity index (χ4n) is 1.97. The third-order valence-electron chi connectivity index (χ3n) is 3.08. The number of carbonyl (C=O) groups is 1. The molecule has 0 atom stereocenters. The molecular formula is C15H14N6O. The molecule has 0 radical (unpaired) electrons. The molecule has 3 rings (SSSR count). The van der Waals surface area contributed by atoms with Crippen LogP contribution < -0.4 is 5.43 Å². The number of hydrogen-bond donors (Lipinski definition) is 1. The summed E-state index contributed by atoms with van der Waals surface area (Å²) in [5.41, 5.74) is 5.09. The van der Waals surface area contributed by atoms with Gasteiger partial charge in [-0.25, -0.2) is 10.1 Å². The molecule has 0 saturated carbocycles. The minimum absolute atomic E-state index is 0.176. The van der Waals surface area contributed by atoms with Crippen LogP contribution in [0.15, 0.2) is 53.9 Å². The van der Waals surface area contributed by atoms with Gasteiger partial charge in [0, 0.05) is 18.8 Å². The number of fused-ring (bicyclic) bond motifs is 1. The topological polar surface area (TPSA) is 85.1 Å². The highest BCUT2D eigenvalue weighted by Crippen LogP contribution is 2.09. The molecule has 0 saturated heterocycles. The van der Waals surface area contributed by atoms with Gasteiger partial charge in [-0.15, -0.1) is 5.10 Å². The summed E-state index contributed by atoms with van der Waals surface area (Å²) in [6.45, 7) is 0.455. The molecule has 0 fully saturated rings. The Labute approximate surface area is 126 Å². The average Bonchev–Trinajstić information content (AvgIpc) is 2.97. The van der Waals surface area contributed by atoms with Crippen LogP contribution in [0.25, 0.3) is 11.0 Å². The lowest BCUT2D eigenvalue weighted by molar-refractivity contribution is -0.121. The standard InChI is InChI=1S/C15H14N6O/c22-15(19-17-11-12-5-8-16-9-6-12)7-10-21-14-4-2-1-3-13(14)18-20-21/h1-6,8-9,11H,7,10H2,(H,19,22)/b17-11+. The van der Waals surface area contributed by atoms with E-state index in [1.54, 1.807) is 35.4 Å². The smallest absolute Gasteiger partial charge is 0.241 e. The Morgan fingerprint density at radius 3 is 2.91 bits per heavy atom. The highest BCUT2D eigenvalue weighted by molar-refractivity contribution is 5.82. The Kier molecular flexibility index (Phi) is 4.15. The predicted molar refractivity (Wildman–Crippen MR) is 82.1 cm³/mol. The number of pyridine rings is 1. The van der Waals surface area contributed by atoms with Crippen LogP contribution in [0.1, 0.15) is 12.0 Å². The van der Waals surface area contributed by atoms with Crippen LogP contribution in [-0.4, -0.2) is 32.1 Å². The van der Waals surface area contributed by atoms with Gasteiger partial charge in [0.15, 0.2) is 0 Å². The molecule has 2 aromatic heterocycles. The highest BCUT2D eigenvalue weighted by atomic mass is 16.2. The summed E-state index contributed by atoms with van der Waals surface area (Å²) in [6, 6.07) is 11.2. The molecule has 110 valence electrons. The molecule has 0 bridgehead atoms. The number of para-hydroxylation sites is 1. The maximum absolute atomic E-state index is 11.8. The molecule has 7 nitrogen and oxygen atoms in total. The molecule has 1 aromatic carbocycles. The fourth-order valence-corrected chi connectivity index (χ4v) is 1.97. The first-order valence-electron chi connectivity index (χ1n) is 6.83. The van der Waals surface area contributed by atoms with E-state index in [-0.39, 0.29) is 12.3 Å². The van der Waals surface area contributed by atoms with Crippen molar-refractivity contribution in [1.29, 1.82) is 0 Å². The van der Waals surface area contributed by atoms with Crippen molar-refractivity contribution in [3.05, 3.63) is 54.4 Å². The van der Waals surface area contributed by atoms with Gasteiger partial charge in [0.1, 0.15) is 5.52 Å². The van der Waals surface area contributed by atoms with E-state index in [9.17, 15) is 4.79 Å². The minimum atomic E-state index is -0.176. The molecular weight excluding hydrogens is 280 g/mol. The second kappa shape index (κ2) is 6.57. The Morgan fingerprint density at radius 1 is 1.23 bits per heavy atom. The number of benzene rings is 1. The molecule has 1 N–H and O–H groups in total. The van der Waals surface area contributed by atoms with E-state index >= 15 is 0 Å². The minimum Gasteiger partial charge on any atom is -0.273 e. The van der Waals surface area contributed by atoms with E-state index in [1.165, 1.54) is 0 Å². The summed E-state index contributed by atoms with van der Waals surface area (Å²) in [6.07, 6.45) is 5.18. The molecule has 0 unspecified atom stereocenters. The number of amides is 1. The van der Waals surface area contributed by atoms with Crippen molar-refractivity contribution in [2.75, 3.05) is 0 Å². The summed E-state index contributed by atoms with van der Waals surface area (Å²) < 4.78 is 1.71. The first-order valence-corrected chi connectivity index (χ1v) is 6.83. The number of nitrogens with zero attached hydrogens (tertiary/aromatic N) is 5. The van der Waals surface area contributed by atoms with E-state index in [0.717, 1.165) is 16.6 Å². The SMILES string of the molecule is O=C(CCn1nnc2ccccc21)N/N=C/c1ccncc1. The first kappa shape index (κ1) is 13.9. The maximum Gasteiger partial charge on any atom is 0.241 e. The van der Waals surface area contributed by atoms with Gasteiger partial charge in [0.25, 0.3) is 0 Å². The number of aromatic nitrogens is 4. The monoisotopic (exact) mass is 294 g/mol. The van der Waals surface area contributed by atoms with E-state index in [2.05, 4.69) is 25.8 Å². The summed E-state index contributed by atoms with van der Waals surface area (Å²) in [5.74, 6) is -0.176. The van der Waals surface area contributed by atoms with Crippen molar-refractivity contribution >= 4 is 23.2 Å². The van der Waals surface area contributed by atoms with Crippen LogP contribution in [-0.2, 0) is 11.3 Å². The third kappa shape index (κ3) is 3.32. The van der Waals surface area contributed by atoms with Gasteiger partial charge in [-0.3, -0.25) is 9.78 Å². The Morgan fingerprint density at radius 2 is 2.05 bits per heavy atom. The number of rotatable bonds is 5. The average molecular weight is 294 g/mol. The lowest BCUT2D eigenvalue weighted by Crippen LogP contribution is -2.19. The molecule has 0 aliphatic rings. The molecule has 7 heteroatoms. The molecule has 0 aliphatic heterocycles. The van der Waals surface area contributed by atoms with Crippen molar-refractivity contribution in [1.82, 2.24) is 25.4 Å². The number of hydrogen-bond acceptors (Lipinski definition) is 5. The molecule has 22 heavy (non-hydrogen) atoms. The predicted octanol–water partition coefficient (Wildman–Crippen LogP) is 1.37. The number of aryl methyl sites for hydroxylation is 1. The van der Waals surface area contributed by atoms with Crippen molar-refractivity contribution < 1.29 is 4.79 Å². The third-order valence-corrected chi connectivity index (χ3v) is 3.08. The first-order chi connectivity index (χ1) is 10.8. The van der Waals surface area contributed by atoms with Gasteiger partial charge in [0.05, 0.1) is 18.3 Å². The summed E-state index contributed by atoms with van der Waals surface area (Å²) in [4.78, 5) is 15.7. The summed E-state index contributed by atoms with van der Waals surface area (Å²) >= 11 is 0. The molecule has 1 amide bonds. The number of hydrazone groups is 1. The van der Waals surface area contributed by atoms with Gasteiger partial charge in [-0.1, -0.05) is 17.3 Å². The lowest BCUT2D eigenvalue weighted by Gasteiger charge is -2.01. The van der Waals surface area contributed by atoms with E-state index in [0.29, 0.717) is 6.54 Å². The zero-order chi connectivity index (χ0) is 15.2. The van der Waals surface area contributed by atoms with Crippen LogP contribution in [0, 0.1) is 0 Å². The van der Waals surface area contributed by atoms with Gasteiger partial charge in [-0.05, 0) is 29.8 Å². The van der Waals surface area contributed by atoms with Gasteiger partial charge >= 0.3 is 0 Å². The lowest BCUT2D eigenvalue weighted by atomic mass is 10.3.